The highest BCUT2D eigenvalue weighted by atomic mass is 16.8. The van der Waals surface area contributed by atoms with Crippen LogP contribution in [0.5, 0.6) is 5.75 Å². The van der Waals surface area contributed by atoms with E-state index in [0.29, 0.717) is 10.9 Å². The summed E-state index contributed by atoms with van der Waals surface area (Å²) in [6.07, 6.45) is -3.67. The van der Waals surface area contributed by atoms with Gasteiger partial charge in [0.25, 0.3) is 6.29 Å². The lowest BCUT2D eigenvalue weighted by atomic mass is 10.1. The van der Waals surface area contributed by atoms with Crippen molar-refractivity contribution < 1.29 is 30.0 Å². The zero-order chi connectivity index (χ0) is 14.3. The third-order valence-corrected chi connectivity index (χ3v) is 3.33. The molecule has 0 radical (unpaired) electrons. The lowest BCUT2D eigenvalue weighted by Crippen LogP contribution is -2.56. The van der Waals surface area contributed by atoms with E-state index in [0.717, 1.165) is 0 Å². The number of ether oxygens (including phenoxy) is 1. The molecule has 1 fully saturated rings. The molecule has 0 saturated carbocycles. The Morgan fingerprint density at radius 1 is 1.15 bits per heavy atom. The van der Waals surface area contributed by atoms with Crippen LogP contribution in [-0.4, -0.2) is 56.4 Å². The summed E-state index contributed by atoms with van der Waals surface area (Å²) in [6, 6.07) is 7.01. The maximum atomic E-state index is 9.81. The predicted octanol–water partition coefficient (Wildman–Crippen LogP) is -0.786. The van der Waals surface area contributed by atoms with Gasteiger partial charge in [0.15, 0.2) is 0 Å². The van der Waals surface area contributed by atoms with Crippen molar-refractivity contribution in [3.05, 3.63) is 30.5 Å². The third-order valence-electron chi connectivity index (χ3n) is 3.33. The summed E-state index contributed by atoms with van der Waals surface area (Å²) >= 11 is 0. The molecule has 2 heterocycles. The molecule has 0 unspecified atom stereocenters. The fourth-order valence-electron chi connectivity index (χ4n) is 2.20. The van der Waals surface area contributed by atoms with Gasteiger partial charge in [0.1, 0.15) is 24.1 Å². The van der Waals surface area contributed by atoms with Crippen molar-refractivity contribution in [2.75, 3.05) is 6.61 Å². The molecule has 1 aromatic heterocycles. The highest BCUT2D eigenvalue weighted by Gasteiger charge is 2.39. The first-order chi connectivity index (χ1) is 9.58. The average Bonchev–Trinajstić information content (AvgIpc) is 2.77. The third kappa shape index (κ3) is 2.10. The lowest BCUT2D eigenvalue weighted by Gasteiger charge is -2.34. The van der Waals surface area contributed by atoms with Gasteiger partial charge >= 0.3 is 0 Å². The number of aliphatic hydroxyl groups is 3. The second-order valence-corrected chi connectivity index (χ2v) is 4.71. The van der Waals surface area contributed by atoms with Gasteiger partial charge in [-0.1, -0.05) is 12.1 Å². The van der Waals surface area contributed by atoms with Crippen LogP contribution in [0.25, 0.3) is 10.9 Å². The van der Waals surface area contributed by atoms with Gasteiger partial charge in [-0.2, -0.15) is 4.73 Å². The van der Waals surface area contributed by atoms with E-state index in [2.05, 4.69) is 0 Å². The molecule has 1 aliphatic heterocycles. The number of aromatic nitrogens is 1. The number of aromatic hydroxyl groups is 1. The molecule has 1 aliphatic rings. The number of nitrogens with zero attached hydrogens (tertiary/aromatic N) is 1. The second kappa shape index (κ2) is 4.95. The van der Waals surface area contributed by atoms with Crippen molar-refractivity contribution >= 4 is 10.9 Å². The maximum Gasteiger partial charge on any atom is 0.253 e. The summed E-state index contributed by atoms with van der Waals surface area (Å²) in [4.78, 5) is 5.43. The van der Waals surface area contributed by atoms with E-state index >= 15 is 0 Å². The minimum atomic E-state index is -1.39. The first kappa shape index (κ1) is 13.2. The average molecular weight is 281 g/mol. The molecule has 0 spiro atoms. The molecule has 0 aliphatic carbocycles. The van der Waals surface area contributed by atoms with Gasteiger partial charge in [-0.05, 0) is 12.1 Å². The zero-order valence-corrected chi connectivity index (χ0v) is 10.5. The van der Waals surface area contributed by atoms with E-state index in [1.165, 1.54) is 10.9 Å². The number of hydrogen-bond donors (Lipinski definition) is 4. The van der Waals surface area contributed by atoms with E-state index in [4.69, 9.17) is 9.57 Å². The van der Waals surface area contributed by atoms with Gasteiger partial charge in [-0.25, -0.2) is 0 Å². The number of hydrogen-bond acceptors (Lipinski definition) is 6. The largest absolute Gasteiger partial charge is 0.506 e. The van der Waals surface area contributed by atoms with Crippen molar-refractivity contribution in [1.82, 2.24) is 4.73 Å². The Morgan fingerprint density at radius 2 is 1.90 bits per heavy atom. The van der Waals surface area contributed by atoms with E-state index in [1.54, 1.807) is 24.3 Å². The Morgan fingerprint density at radius 3 is 2.70 bits per heavy atom. The molecule has 4 atom stereocenters. The van der Waals surface area contributed by atoms with Crippen LogP contribution in [0.15, 0.2) is 30.5 Å². The molecular weight excluding hydrogens is 266 g/mol. The monoisotopic (exact) mass is 281 g/mol. The van der Waals surface area contributed by atoms with Crippen molar-refractivity contribution in [3.8, 4) is 5.75 Å². The quantitative estimate of drug-likeness (QED) is 0.575. The van der Waals surface area contributed by atoms with Crippen LogP contribution in [-0.2, 0) is 4.74 Å². The van der Waals surface area contributed by atoms with Crippen LogP contribution in [0.4, 0.5) is 0 Å². The Balaban J connectivity index is 1.86. The summed E-state index contributed by atoms with van der Waals surface area (Å²) < 4.78 is 6.42. The Bertz CT molecular complexity index is 612. The topological polar surface area (TPSA) is 104 Å². The summed E-state index contributed by atoms with van der Waals surface area (Å²) in [5.41, 5.74) is 0.599. The molecule has 2 aromatic rings. The summed E-state index contributed by atoms with van der Waals surface area (Å²) in [6.45, 7) is -0.145. The van der Waals surface area contributed by atoms with Crippen molar-refractivity contribution in [3.63, 3.8) is 0 Å². The van der Waals surface area contributed by atoms with Gasteiger partial charge in [-0.15, -0.1) is 0 Å². The minimum absolute atomic E-state index is 0.0338. The predicted molar refractivity (Wildman–Crippen MR) is 67.9 cm³/mol. The summed E-state index contributed by atoms with van der Waals surface area (Å²) in [5.74, 6) is 0.0338. The molecule has 20 heavy (non-hydrogen) atoms. The van der Waals surface area contributed by atoms with E-state index in [1.807, 2.05) is 0 Å². The van der Waals surface area contributed by atoms with Gasteiger partial charge in [0.2, 0.25) is 0 Å². The van der Waals surface area contributed by atoms with Crippen LogP contribution in [0.2, 0.25) is 0 Å². The fraction of sp³-hybridized carbons (Fsp3) is 0.385. The molecule has 0 bridgehead atoms. The van der Waals surface area contributed by atoms with Gasteiger partial charge < -0.3 is 30.0 Å². The molecule has 7 heteroatoms. The highest BCUT2D eigenvalue weighted by molar-refractivity contribution is 5.86. The first-order valence-corrected chi connectivity index (χ1v) is 6.20. The fourth-order valence-corrected chi connectivity index (χ4v) is 2.20. The summed E-state index contributed by atoms with van der Waals surface area (Å²) in [7, 11) is 0. The van der Waals surface area contributed by atoms with Crippen LogP contribution in [0.1, 0.15) is 0 Å². The minimum Gasteiger partial charge on any atom is -0.506 e. The molecule has 108 valence electrons. The molecule has 4 N–H and O–H groups in total. The zero-order valence-electron chi connectivity index (χ0n) is 10.5. The van der Waals surface area contributed by atoms with Crippen molar-refractivity contribution in [2.45, 2.75) is 24.6 Å². The number of fused-ring (bicyclic) bond motifs is 1. The molecule has 1 saturated heterocycles. The van der Waals surface area contributed by atoms with Crippen LogP contribution >= 0.6 is 0 Å². The van der Waals surface area contributed by atoms with Crippen LogP contribution < -0.4 is 4.84 Å². The molecule has 3 rings (SSSR count). The molecule has 7 nitrogen and oxygen atoms in total. The van der Waals surface area contributed by atoms with Crippen LogP contribution in [0, 0.1) is 0 Å². The van der Waals surface area contributed by atoms with Crippen molar-refractivity contribution in [2.24, 2.45) is 0 Å². The number of rotatable bonds is 2. The number of para-hydroxylation sites is 1. The van der Waals surface area contributed by atoms with Crippen molar-refractivity contribution in [1.29, 1.82) is 0 Å². The van der Waals surface area contributed by atoms with Gasteiger partial charge in [0, 0.05) is 5.39 Å². The van der Waals surface area contributed by atoms with E-state index < -0.39 is 24.6 Å². The van der Waals surface area contributed by atoms with E-state index in [9.17, 15) is 20.4 Å². The highest BCUT2D eigenvalue weighted by Crippen LogP contribution is 2.26. The van der Waals surface area contributed by atoms with Crippen LogP contribution in [0.3, 0.4) is 0 Å². The Hall–Kier alpha value is -1.80. The van der Waals surface area contributed by atoms with Gasteiger partial charge in [0.05, 0.1) is 18.3 Å². The Kier molecular flexibility index (Phi) is 3.27. The molecular formula is C13H15NO6. The normalized spacial score (nSPS) is 30.6. The standard InChI is InChI=1S/C13H15NO6/c15-9-5-14(8-4-2-1-3-7(8)9)20-13-12(18)11(17)10(16)6-19-13/h1-5,10-13,15-18H,6H2/t10-,11-,12-,13-/m1/s1. The van der Waals surface area contributed by atoms with E-state index in [-0.39, 0.29) is 12.4 Å². The first-order valence-electron chi connectivity index (χ1n) is 6.20. The summed E-state index contributed by atoms with van der Waals surface area (Å²) in [5, 5.41) is 39.2. The van der Waals surface area contributed by atoms with Gasteiger partial charge in [-0.3, -0.25) is 0 Å². The Labute approximate surface area is 114 Å². The second-order valence-electron chi connectivity index (χ2n) is 4.71. The maximum absolute atomic E-state index is 9.81. The molecule has 1 aromatic carbocycles. The smallest absolute Gasteiger partial charge is 0.253 e. The number of benzene rings is 1. The number of aliphatic hydroxyl groups excluding tert-OH is 3. The SMILES string of the molecule is Oc1cn(O[C@H]2OC[C@@H](O)[C@@H](O)[C@H]2O)c2ccccc12. The molecule has 0 amide bonds. The lowest BCUT2D eigenvalue weighted by molar-refractivity contribution is -0.268.